The highest BCUT2D eigenvalue weighted by Gasteiger charge is 2.72. The third kappa shape index (κ3) is 3.98. The number of benzene rings is 4. The Bertz CT molecular complexity index is 1460. The number of nitrogens with one attached hydrogen (secondary N) is 2. The minimum absolute atomic E-state index is 0.287. The van der Waals surface area contributed by atoms with Crippen LogP contribution in [0.15, 0.2) is 126 Å². The standard InChI is InChI=1S/C31H28N4O2P2/c1-23-32-30(38(24-15-7-3-8-16-24)25-17-9-4-10-18-25)28(36)35(2)29(37)34-31(30,33-23)39(26-19-11-5-12-20-26)27-21-13-6-14-22-27/h3-22H,1-2H3,(H,32,33)(H,34,37). The van der Waals surface area contributed by atoms with Crippen LogP contribution in [-0.4, -0.2) is 40.4 Å². The Morgan fingerprint density at radius 2 is 1.00 bits per heavy atom. The summed E-state index contributed by atoms with van der Waals surface area (Å²) >= 11 is 0. The van der Waals surface area contributed by atoms with E-state index in [1.165, 1.54) is 4.90 Å². The molecule has 0 radical (unpaired) electrons. The Kier molecular flexibility index (Phi) is 6.54. The number of amides is 3. The first kappa shape index (κ1) is 25.4. The van der Waals surface area contributed by atoms with Crippen LogP contribution in [0.25, 0.3) is 0 Å². The Morgan fingerprint density at radius 1 is 0.615 bits per heavy atom. The molecule has 0 spiro atoms. The van der Waals surface area contributed by atoms with Crippen LogP contribution in [0, 0.1) is 0 Å². The number of hydrogen-bond acceptors (Lipinski definition) is 4. The average molecular weight is 551 g/mol. The lowest BCUT2D eigenvalue weighted by molar-refractivity contribution is -0.133. The number of nitrogens with zero attached hydrogens (tertiary/aromatic N) is 2. The fourth-order valence-electron chi connectivity index (χ4n) is 5.53. The van der Waals surface area contributed by atoms with Crippen molar-refractivity contribution in [3.8, 4) is 0 Å². The largest absolute Gasteiger partial charge is 0.352 e. The number of amidine groups is 1. The number of fused-ring (bicyclic) bond motifs is 1. The second-order valence-corrected chi connectivity index (χ2v) is 14.2. The number of aliphatic imine (C=N–C) groups is 1. The van der Waals surface area contributed by atoms with E-state index in [9.17, 15) is 9.59 Å². The molecule has 4 aromatic rings. The first-order chi connectivity index (χ1) is 19.0. The predicted molar refractivity (Wildman–Crippen MR) is 161 cm³/mol. The maximum absolute atomic E-state index is 14.8. The molecule has 2 atom stereocenters. The molecule has 1 fully saturated rings. The van der Waals surface area contributed by atoms with Gasteiger partial charge in [-0.3, -0.25) is 9.69 Å². The van der Waals surface area contributed by atoms with Crippen LogP contribution in [0.3, 0.4) is 0 Å². The number of carbonyl (C=O) groups excluding carboxylic acids is 2. The highest BCUT2D eigenvalue weighted by Crippen LogP contribution is 2.66. The van der Waals surface area contributed by atoms with Gasteiger partial charge in [0.05, 0.1) is 5.84 Å². The molecule has 6 nitrogen and oxygen atoms in total. The van der Waals surface area contributed by atoms with Crippen LogP contribution in [0.2, 0.25) is 0 Å². The second-order valence-electron chi connectivity index (χ2n) is 9.51. The van der Waals surface area contributed by atoms with E-state index in [2.05, 4.69) is 59.2 Å². The van der Waals surface area contributed by atoms with Crippen molar-refractivity contribution < 1.29 is 9.59 Å². The Labute approximate surface area is 230 Å². The maximum atomic E-state index is 14.8. The third-order valence-electron chi connectivity index (χ3n) is 7.11. The topological polar surface area (TPSA) is 73.8 Å². The highest BCUT2D eigenvalue weighted by atomic mass is 31.1. The summed E-state index contributed by atoms with van der Waals surface area (Å²) in [6, 6.07) is 40.1. The van der Waals surface area contributed by atoms with Gasteiger partial charge in [0.15, 0.2) is 10.7 Å². The van der Waals surface area contributed by atoms with Crippen molar-refractivity contribution in [1.29, 1.82) is 0 Å². The number of carbonyl (C=O) groups is 2. The fraction of sp³-hybridized carbons (Fsp3) is 0.129. The van der Waals surface area contributed by atoms with E-state index in [4.69, 9.17) is 4.99 Å². The molecule has 4 aromatic carbocycles. The number of urea groups is 1. The van der Waals surface area contributed by atoms with Crippen LogP contribution >= 0.6 is 15.8 Å². The van der Waals surface area contributed by atoms with E-state index < -0.39 is 32.6 Å². The molecule has 6 rings (SSSR count). The van der Waals surface area contributed by atoms with Gasteiger partial charge in [-0.15, -0.1) is 0 Å². The van der Waals surface area contributed by atoms with Crippen molar-refractivity contribution in [1.82, 2.24) is 15.5 Å². The quantitative estimate of drug-likeness (QED) is 0.359. The van der Waals surface area contributed by atoms with Gasteiger partial charge in [-0.1, -0.05) is 121 Å². The van der Waals surface area contributed by atoms with Crippen molar-refractivity contribution in [3.05, 3.63) is 121 Å². The van der Waals surface area contributed by atoms with E-state index >= 15 is 0 Å². The molecule has 2 heterocycles. The normalized spacial score (nSPS) is 22.4. The zero-order valence-corrected chi connectivity index (χ0v) is 23.4. The second kappa shape index (κ2) is 10.0. The van der Waals surface area contributed by atoms with Gasteiger partial charge in [-0.2, -0.15) is 0 Å². The van der Waals surface area contributed by atoms with Gasteiger partial charge < -0.3 is 10.6 Å². The maximum Gasteiger partial charge on any atom is 0.326 e. The molecule has 2 aliphatic rings. The van der Waals surface area contributed by atoms with Crippen LogP contribution in [0.4, 0.5) is 4.79 Å². The van der Waals surface area contributed by atoms with Gasteiger partial charge in [-0.25, -0.2) is 9.79 Å². The van der Waals surface area contributed by atoms with E-state index in [0.29, 0.717) is 5.84 Å². The number of rotatable bonds is 6. The lowest BCUT2D eigenvalue weighted by Gasteiger charge is -2.54. The first-order valence-electron chi connectivity index (χ1n) is 12.7. The average Bonchev–Trinajstić information content (AvgIpc) is 3.27. The molecular weight excluding hydrogens is 522 g/mol. The van der Waals surface area contributed by atoms with Crippen molar-refractivity contribution in [2.45, 2.75) is 17.6 Å². The summed E-state index contributed by atoms with van der Waals surface area (Å²) in [6.07, 6.45) is 0. The van der Waals surface area contributed by atoms with Crippen molar-refractivity contribution in [3.63, 3.8) is 0 Å². The van der Waals surface area contributed by atoms with Crippen LogP contribution < -0.4 is 31.9 Å². The van der Waals surface area contributed by atoms with Gasteiger partial charge in [0, 0.05) is 15.0 Å². The van der Waals surface area contributed by atoms with E-state index in [1.807, 2.05) is 79.7 Å². The lowest BCUT2D eigenvalue weighted by atomic mass is 10.1. The lowest BCUT2D eigenvalue weighted by Crippen LogP contribution is -2.78. The molecule has 3 amide bonds. The zero-order chi connectivity index (χ0) is 27.0. The fourth-order valence-corrected chi connectivity index (χ4v) is 12.1. The Morgan fingerprint density at radius 3 is 1.41 bits per heavy atom. The third-order valence-corrected chi connectivity index (χ3v) is 13.0. The number of likely N-dealkylation sites (N-methyl/N-ethyl adjacent to an activating group) is 1. The minimum atomic E-state index is -1.42. The molecule has 2 aliphatic heterocycles. The first-order valence-corrected chi connectivity index (χ1v) is 15.4. The summed E-state index contributed by atoms with van der Waals surface area (Å²) in [4.78, 5) is 34.8. The molecule has 0 bridgehead atoms. The summed E-state index contributed by atoms with van der Waals surface area (Å²) in [5.74, 6) is 0.336. The van der Waals surface area contributed by atoms with Gasteiger partial charge >= 0.3 is 6.03 Å². The zero-order valence-electron chi connectivity index (χ0n) is 21.7. The molecule has 2 unspecified atom stereocenters. The Balaban J connectivity index is 1.72. The predicted octanol–water partition coefficient (Wildman–Crippen LogP) is 3.81. The molecule has 8 heteroatoms. The van der Waals surface area contributed by atoms with Crippen LogP contribution in [-0.2, 0) is 4.79 Å². The molecular formula is C31H28N4O2P2. The molecule has 39 heavy (non-hydrogen) atoms. The van der Waals surface area contributed by atoms with Crippen LogP contribution in [0.5, 0.6) is 0 Å². The van der Waals surface area contributed by atoms with E-state index in [1.54, 1.807) is 7.05 Å². The summed E-state index contributed by atoms with van der Waals surface area (Å²) in [6.45, 7) is 1.88. The van der Waals surface area contributed by atoms with Gasteiger partial charge in [0.25, 0.3) is 5.91 Å². The smallest absolute Gasteiger partial charge is 0.326 e. The number of hydrogen-bond donors (Lipinski definition) is 2. The van der Waals surface area contributed by atoms with Crippen molar-refractivity contribution in [2.24, 2.45) is 4.99 Å². The summed E-state index contributed by atoms with van der Waals surface area (Å²) in [5.41, 5.74) is 0. The van der Waals surface area contributed by atoms with E-state index in [0.717, 1.165) is 21.2 Å². The molecule has 194 valence electrons. The van der Waals surface area contributed by atoms with Gasteiger partial charge in [0.1, 0.15) is 0 Å². The number of imide groups is 1. The summed E-state index contributed by atoms with van der Waals surface area (Å²) in [5, 5.41) is 8.47. The van der Waals surface area contributed by atoms with Gasteiger partial charge in [0.2, 0.25) is 0 Å². The van der Waals surface area contributed by atoms with Gasteiger partial charge in [-0.05, 0) is 36.1 Å². The summed E-state index contributed by atoms with van der Waals surface area (Å²) in [7, 11) is -1.27. The van der Waals surface area contributed by atoms with Crippen LogP contribution in [0.1, 0.15) is 6.92 Å². The molecule has 0 aromatic heterocycles. The Hall–Kier alpha value is -3.85. The van der Waals surface area contributed by atoms with E-state index in [-0.39, 0.29) is 5.91 Å². The SMILES string of the molecule is CC1=NC2(P(c3ccccc3)c3ccccc3)NC(=O)N(C)C(=O)C2(P(c2ccccc2)c2ccccc2)N1. The highest BCUT2D eigenvalue weighted by molar-refractivity contribution is 7.79. The molecule has 2 N–H and O–H groups in total. The van der Waals surface area contributed by atoms with Crippen molar-refractivity contribution >= 4 is 54.8 Å². The molecule has 0 saturated carbocycles. The monoisotopic (exact) mass is 550 g/mol. The minimum Gasteiger partial charge on any atom is -0.352 e. The molecule has 1 saturated heterocycles. The van der Waals surface area contributed by atoms with Crippen molar-refractivity contribution in [2.75, 3.05) is 7.05 Å². The summed E-state index contributed by atoms with van der Waals surface area (Å²) < 4.78 is 0. The molecule has 0 aliphatic carbocycles.